The highest BCUT2D eigenvalue weighted by atomic mass is 16.6. The first-order valence-corrected chi connectivity index (χ1v) is 5.88. The summed E-state index contributed by atoms with van der Waals surface area (Å²) in [5, 5.41) is 22.5. The molecule has 2 N–H and O–H groups in total. The van der Waals surface area contributed by atoms with Gasteiger partial charge >= 0.3 is 5.97 Å². The van der Waals surface area contributed by atoms with Gasteiger partial charge in [-0.15, -0.1) is 0 Å². The van der Waals surface area contributed by atoms with Crippen molar-refractivity contribution < 1.29 is 19.6 Å². The maximum Gasteiger partial charge on any atom is 0.333 e. The molecule has 1 amide bonds. The topological polar surface area (TPSA) is 110 Å². The largest absolute Gasteiger partial charge is 0.478 e. The number of carbonyl (C=O) groups excluding carboxylic acids is 1. The van der Waals surface area contributed by atoms with E-state index in [0.717, 1.165) is 0 Å². The van der Waals surface area contributed by atoms with Gasteiger partial charge in [0.1, 0.15) is 0 Å². The van der Waals surface area contributed by atoms with E-state index in [1.165, 1.54) is 25.1 Å². The second-order valence-electron chi connectivity index (χ2n) is 4.50. The van der Waals surface area contributed by atoms with E-state index in [2.05, 4.69) is 5.32 Å². The Morgan fingerprint density at radius 1 is 1.50 bits per heavy atom. The molecule has 1 atom stereocenters. The Bertz CT molecular complexity index is 635. The lowest BCUT2D eigenvalue weighted by atomic mass is 9.84. The van der Waals surface area contributed by atoms with Crippen molar-refractivity contribution in [3.8, 4) is 0 Å². The number of nitrogens with zero attached hydrogens (tertiary/aromatic N) is 1. The van der Waals surface area contributed by atoms with Crippen LogP contribution in [0.3, 0.4) is 0 Å². The molecule has 1 aliphatic heterocycles. The van der Waals surface area contributed by atoms with Crippen LogP contribution < -0.4 is 5.32 Å². The number of carbonyl (C=O) groups is 2. The van der Waals surface area contributed by atoms with E-state index in [1.807, 2.05) is 0 Å². The summed E-state index contributed by atoms with van der Waals surface area (Å²) in [6.07, 6.45) is -0.0415. The number of nitrogens with one attached hydrogen (secondary N) is 1. The number of hydrogen-bond acceptors (Lipinski definition) is 4. The highest BCUT2D eigenvalue weighted by molar-refractivity contribution is 5.94. The molecule has 0 aliphatic carbocycles. The van der Waals surface area contributed by atoms with Gasteiger partial charge in [-0.2, -0.15) is 0 Å². The normalized spacial score (nSPS) is 18.6. The highest BCUT2D eigenvalue weighted by Gasteiger charge is 2.32. The van der Waals surface area contributed by atoms with E-state index in [9.17, 15) is 24.8 Å². The number of rotatable bonds is 3. The fourth-order valence-electron chi connectivity index (χ4n) is 2.33. The molecule has 1 aliphatic rings. The zero-order chi connectivity index (χ0) is 14.9. The molecule has 1 aromatic carbocycles. The Hall–Kier alpha value is -2.70. The summed E-state index contributed by atoms with van der Waals surface area (Å²) in [7, 11) is 0. The Morgan fingerprint density at radius 2 is 2.20 bits per heavy atom. The molecular formula is C13H12N2O5. The van der Waals surface area contributed by atoms with E-state index in [-0.39, 0.29) is 29.3 Å². The van der Waals surface area contributed by atoms with Crippen LogP contribution in [0.2, 0.25) is 0 Å². The standard InChI is InChI=1S/C13H12N2O5/c1-7-12(13(17)18)10(6-11(16)14-7)8-3-2-4-9(5-8)15(19)20/h2-5,10H,6H2,1H3,(H,14,16)(H,17,18)/t10-/m0/s1. The maximum absolute atomic E-state index is 11.6. The third-order valence-electron chi connectivity index (χ3n) is 3.18. The predicted molar refractivity (Wildman–Crippen MR) is 68.9 cm³/mol. The maximum atomic E-state index is 11.6. The summed E-state index contributed by atoms with van der Waals surface area (Å²) < 4.78 is 0. The number of carboxylic acids is 1. The van der Waals surface area contributed by atoms with Crippen molar-refractivity contribution in [2.45, 2.75) is 19.3 Å². The van der Waals surface area contributed by atoms with E-state index < -0.39 is 16.8 Å². The van der Waals surface area contributed by atoms with E-state index in [1.54, 1.807) is 6.07 Å². The molecule has 7 heteroatoms. The van der Waals surface area contributed by atoms with Crippen LogP contribution in [0.4, 0.5) is 5.69 Å². The van der Waals surface area contributed by atoms with Gasteiger partial charge < -0.3 is 10.4 Å². The van der Waals surface area contributed by atoms with Gasteiger partial charge in [-0.1, -0.05) is 12.1 Å². The first-order valence-electron chi connectivity index (χ1n) is 5.88. The molecular weight excluding hydrogens is 264 g/mol. The van der Waals surface area contributed by atoms with Gasteiger partial charge in [-0.05, 0) is 12.5 Å². The number of carboxylic acid groups (broad SMARTS) is 1. The smallest absolute Gasteiger partial charge is 0.333 e. The van der Waals surface area contributed by atoms with E-state index >= 15 is 0 Å². The molecule has 7 nitrogen and oxygen atoms in total. The van der Waals surface area contributed by atoms with Gasteiger partial charge in [-0.25, -0.2) is 4.79 Å². The van der Waals surface area contributed by atoms with Crippen LogP contribution in [0.15, 0.2) is 35.5 Å². The number of aliphatic carboxylic acids is 1. The fourth-order valence-corrected chi connectivity index (χ4v) is 2.33. The minimum absolute atomic E-state index is 0.0415. The van der Waals surface area contributed by atoms with Crippen molar-refractivity contribution in [2.75, 3.05) is 0 Å². The number of nitro benzene ring substituents is 1. The molecule has 104 valence electrons. The second kappa shape index (κ2) is 5.12. The van der Waals surface area contributed by atoms with Crippen molar-refractivity contribution in [3.05, 3.63) is 51.2 Å². The average Bonchev–Trinajstić information content (AvgIpc) is 2.37. The van der Waals surface area contributed by atoms with Crippen LogP contribution in [0.5, 0.6) is 0 Å². The van der Waals surface area contributed by atoms with Crippen molar-refractivity contribution >= 4 is 17.6 Å². The lowest BCUT2D eigenvalue weighted by Gasteiger charge is -2.25. The highest BCUT2D eigenvalue weighted by Crippen LogP contribution is 2.34. The third kappa shape index (κ3) is 2.51. The minimum atomic E-state index is -1.14. The molecule has 0 bridgehead atoms. The van der Waals surface area contributed by atoms with Crippen LogP contribution >= 0.6 is 0 Å². The van der Waals surface area contributed by atoms with Crippen molar-refractivity contribution in [1.82, 2.24) is 5.32 Å². The number of hydrogen-bond donors (Lipinski definition) is 2. The van der Waals surface area contributed by atoms with Crippen LogP contribution in [0.25, 0.3) is 0 Å². The first-order chi connectivity index (χ1) is 9.40. The molecule has 2 rings (SSSR count). The quantitative estimate of drug-likeness (QED) is 0.643. The molecule has 0 spiro atoms. The van der Waals surface area contributed by atoms with E-state index in [0.29, 0.717) is 5.56 Å². The fraction of sp³-hybridized carbons (Fsp3) is 0.231. The number of amides is 1. The molecule has 0 saturated carbocycles. The van der Waals surface area contributed by atoms with Crippen molar-refractivity contribution in [1.29, 1.82) is 0 Å². The third-order valence-corrected chi connectivity index (χ3v) is 3.18. The Kier molecular flexibility index (Phi) is 3.51. The molecule has 0 aromatic heterocycles. The lowest BCUT2D eigenvalue weighted by Crippen LogP contribution is -2.33. The SMILES string of the molecule is CC1=C(C(=O)O)[C@H](c2cccc([N+](=O)[O-])c2)CC(=O)N1. The summed E-state index contributed by atoms with van der Waals surface area (Å²) >= 11 is 0. The lowest BCUT2D eigenvalue weighted by molar-refractivity contribution is -0.384. The van der Waals surface area contributed by atoms with Gasteiger partial charge in [0.05, 0.1) is 10.5 Å². The number of nitro groups is 1. The number of benzene rings is 1. The summed E-state index contributed by atoms with van der Waals surface area (Å²) in [4.78, 5) is 33.1. The van der Waals surface area contributed by atoms with Crippen molar-refractivity contribution in [3.63, 3.8) is 0 Å². The molecule has 20 heavy (non-hydrogen) atoms. The molecule has 1 aromatic rings. The van der Waals surface area contributed by atoms with Gasteiger partial charge in [0.2, 0.25) is 5.91 Å². The Labute approximate surface area is 114 Å². The number of non-ortho nitro benzene ring substituents is 1. The number of allylic oxidation sites excluding steroid dienone is 1. The molecule has 0 radical (unpaired) electrons. The van der Waals surface area contributed by atoms with Crippen LogP contribution in [0, 0.1) is 10.1 Å². The summed E-state index contributed by atoms with van der Waals surface area (Å²) in [5.74, 6) is -2.12. The summed E-state index contributed by atoms with van der Waals surface area (Å²) in [5.41, 5.74) is 0.650. The zero-order valence-corrected chi connectivity index (χ0v) is 10.6. The molecule has 0 unspecified atom stereocenters. The van der Waals surface area contributed by atoms with Crippen LogP contribution in [-0.2, 0) is 9.59 Å². The van der Waals surface area contributed by atoms with Crippen LogP contribution in [-0.4, -0.2) is 21.9 Å². The minimum Gasteiger partial charge on any atom is -0.478 e. The van der Waals surface area contributed by atoms with Gasteiger partial charge in [0.25, 0.3) is 5.69 Å². The molecule has 1 heterocycles. The summed E-state index contributed by atoms with van der Waals surface area (Å²) in [6, 6.07) is 5.70. The van der Waals surface area contributed by atoms with E-state index in [4.69, 9.17) is 0 Å². The predicted octanol–water partition coefficient (Wildman–Crippen LogP) is 1.56. The molecule has 0 fully saturated rings. The van der Waals surface area contributed by atoms with Gasteiger partial charge in [-0.3, -0.25) is 14.9 Å². The van der Waals surface area contributed by atoms with Crippen LogP contribution in [0.1, 0.15) is 24.8 Å². The second-order valence-corrected chi connectivity index (χ2v) is 4.50. The molecule has 0 saturated heterocycles. The summed E-state index contributed by atoms with van der Waals surface area (Å²) in [6.45, 7) is 1.50. The first kappa shape index (κ1) is 13.7. The van der Waals surface area contributed by atoms with Crippen molar-refractivity contribution in [2.24, 2.45) is 0 Å². The van der Waals surface area contributed by atoms with Gasteiger partial charge in [0, 0.05) is 30.2 Å². The average molecular weight is 276 g/mol. The zero-order valence-electron chi connectivity index (χ0n) is 10.6. The Balaban J connectivity index is 2.51. The van der Waals surface area contributed by atoms with Gasteiger partial charge in [0.15, 0.2) is 0 Å². The Morgan fingerprint density at radius 3 is 2.80 bits per heavy atom. The monoisotopic (exact) mass is 276 g/mol.